The second-order valence-corrected chi connectivity index (χ2v) is 6.39. The van der Waals surface area contributed by atoms with Crippen LogP contribution in [0.15, 0.2) is 36.9 Å². The molecule has 0 saturated carbocycles. The number of fused-ring (bicyclic) bond motifs is 1. The van der Waals surface area contributed by atoms with Crippen molar-refractivity contribution in [2.75, 3.05) is 6.54 Å². The van der Waals surface area contributed by atoms with Crippen molar-refractivity contribution in [3.63, 3.8) is 0 Å². The van der Waals surface area contributed by atoms with E-state index in [1.807, 2.05) is 36.9 Å². The van der Waals surface area contributed by atoms with Gasteiger partial charge in [-0.3, -0.25) is 9.78 Å². The summed E-state index contributed by atoms with van der Waals surface area (Å²) in [5, 5.41) is 8.31. The molecule has 3 aromatic heterocycles. The number of nitrogens with one attached hydrogen (secondary N) is 1. The molecule has 0 spiro atoms. The second kappa shape index (κ2) is 6.67. The van der Waals surface area contributed by atoms with Gasteiger partial charge >= 0.3 is 0 Å². The molecule has 26 heavy (non-hydrogen) atoms. The summed E-state index contributed by atoms with van der Waals surface area (Å²) in [4.78, 5) is 27.2. The monoisotopic (exact) mass is 348 g/mol. The van der Waals surface area contributed by atoms with Crippen LogP contribution in [-0.4, -0.2) is 42.5 Å². The second-order valence-electron chi connectivity index (χ2n) is 6.39. The van der Waals surface area contributed by atoms with Crippen LogP contribution in [0, 0.1) is 6.92 Å². The van der Waals surface area contributed by atoms with E-state index in [9.17, 15) is 4.79 Å². The number of hydrogen-bond donors (Lipinski definition) is 1. The first-order valence-electron chi connectivity index (χ1n) is 8.75. The Morgan fingerprint density at radius 3 is 3.04 bits per heavy atom. The summed E-state index contributed by atoms with van der Waals surface area (Å²) >= 11 is 0. The minimum Gasteiger partial charge on any atom is -0.348 e. The van der Waals surface area contributed by atoms with E-state index in [2.05, 4.69) is 25.1 Å². The number of aromatic amines is 1. The van der Waals surface area contributed by atoms with E-state index >= 15 is 0 Å². The van der Waals surface area contributed by atoms with Crippen LogP contribution in [0.25, 0.3) is 0 Å². The molecular formula is C19H20N6O. The van der Waals surface area contributed by atoms with E-state index in [0.29, 0.717) is 17.8 Å². The fourth-order valence-corrected chi connectivity index (χ4v) is 3.41. The molecule has 1 aliphatic rings. The zero-order valence-electron chi connectivity index (χ0n) is 14.8. The molecule has 0 saturated heterocycles. The molecule has 0 aliphatic carbocycles. The predicted octanol–water partition coefficient (Wildman–Crippen LogP) is 2.25. The molecule has 0 bridgehead atoms. The van der Waals surface area contributed by atoms with Gasteiger partial charge in [0.1, 0.15) is 6.04 Å². The fourth-order valence-electron chi connectivity index (χ4n) is 3.41. The van der Waals surface area contributed by atoms with E-state index in [1.165, 1.54) is 0 Å². The first-order valence-corrected chi connectivity index (χ1v) is 8.75. The number of aromatic nitrogens is 5. The average Bonchev–Trinajstić information content (AvgIpc) is 3.16. The molecule has 0 fully saturated rings. The average molecular weight is 348 g/mol. The Bertz CT molecular complexity index is 936. The van der Waals surface area contributed by atoms with Crippen molar-refractivity contribution in [3.8, 4) is 0 Å². The van der Waals surface area contributed by atoms with E-state index in [1.54, 1.807) is 18.7 Å². The van der Waals surface area contributed by atoms with Crippen molar-refractivity contribution in [3.05, 3.63) is 70.8 Å². The predicted molar refractivity (Wildman–Crippen MR) is 95.6 cm³/mol. The van der Waals surface area contributed by atoms with Gasteiger partial charge in [-0.05, 0) is 31.0 Å². The Kier molecular flexibility index (Phi) is 4.20. The maximum Gasteiger partial charge on any atom is 0.256 e. The van der Waals surface area contributed by atoms with Crippen LogP contribution in [0.2, 0.25) is 0 Å². The molecule has 7 heteroatoms. The maximum atomic E-state index is 13.4. The summed E-state index contributed by atoms with van der Waals surface area (Å²) in [6, 6.07) is 5.46. The molecular weight excluding hydrogens is 328 g/mol. The number of amides is 1. The molecule has 1 unspecified atom stereocenters. The lowest BCUT2D eigenvalue weighted by atomic mass is 9.95. The van der Waals surface area contributed by atoms with E-state index in [-0.39, 0.29) is 11.9 Å². The molecule has 1 amide bonds. The summed E-state index contributed by atoms with van der Waals surface area (Å²) < 4.78 is 0. The Morgan fingerprint density at radius 2 is 2.27 bits per heavy atom. The third-order valence-electron chi connectivity index (χ3n) is 4.81. The van der Waals surface area contributed by atoms with Crippen LogP contribution < -0.4 is 0 Å². The molecule has 0 aromatic carbocycles. The lowest BCUT2D eigenvalue weighted by molar-refractivity contribution is 0.0688. The van der Waals surface area contributed by atoms with E-state index < -0.39 is 0 Å². The third kappa shape index (κ3) is 2.75. The lowest BCUT2D eigenvalue weighted by Crippen LogP contribution is -2.41. The van der Waals surface area contributed by atoms with Crippen LogP contribution in [0.1, 0.15) is 51.7 Å². The highest BCUT2D eigenvalue weighted by Crippen LogP contribution is 2.34. The number of rotatable bonds is 3. The van der Waals surface area contributed by atoms with Gasteiger partial charge in [-0.15, -0.1) is 0 Å². The van der Waals surface area contributed by atoms with Gasteiger partial charge < -0.3 is 9.88 Å². The van der Waals surface area contributed by atoms with Gasteiger partial charge in [-0.25, -0.2) is 4.98 Å². The molecule has 132 valence electrons. The Labute approximate surface area is 151 Å². The normalized spacial score (nSPS) is 16.4. The van der Waals surface area contributed by atoms with Gasteiger partial charge in [0, 0.05) is 31.1 Å². The van der Waals surface area contributed by atoms with Crippen LogP contribution in [0.4, 0.5) is 0 Å². The van der Waals surface area contributed by atoms with E-state index in [0.717, 1.165) is 35.5 Å². The summed E-state index contributed by atoms with van der Waals surface area (Å²) in [5.74, 6) is -0.0467. The topological polar surface area (TPSA) is 87.7 Å². The maximum absolute atomic E-state index is 13.4. The molecule has 3 aromatic rings. The number of carbonyl (C=O) groups excluding carboxylic acids is 1. The highest BCUT2D eigenvalue weighted by molar-refractivity contribution is 5.96. The third-order valence-corrected chi connectivity index (χ3v) is 4.81. The first kappa shape index (κ1) is 16.4. The largest absolute Gasteiger partial charge is 0.348 e. The summed E-state index contributed by atoms with van der Waals surface area (Å²) in [7, 11) is 0. The van der Waals surface area contributed by atoms with Crippen molar-refractivity contribution in [2.24, 2.45) is 0 Å². The van der Waals surface area contributed by atoms with Gasteiger partial charge in [0.05, 0.1) is 29.0 Å². The van der Waals surface area contributed by atoms with Crippen LogP contribution in [0.3, 0.4) is 0 Å². The highest BCUT2D eigenvalue weighted by atomic mass is 16.2. The smallest absolute Gasteiger partial charge is 0.256 e. The minimum atomic E-state index is -0.260. The quantitative estimate of drug-likeness (QED) is 0.784. The Balaban J connectivity index is 1.79. The number of nitrogens with zero attached hydrogens (tertiary/aromatic N) is 5. The van der Waals surface area contributed by atoms with E-state index in [4.69, 9.17) is 0 Å². The number of hydrogen-bond acceptors (Lipinski definition) is 5. The SMILES string of the molecule is CCc1cc(C(=O)N2CCc3[nH]cnc3C2c2cccnc2)c(C)nn1. The minimum absolute atomic E-state index is 0.0467. The molecule has 4 rings (SSSR count). The van der Waals surface area contributed by atoms with Crippen molar-refractivity contribution in [2.45, 2.75) is 32.7 Å². The number of H-pyrrole nitrogens is 1. The van der Waals surface area contributed by atoms with Crippen molar-refractivity contribution >= 4 is 5.91 Å². The Hall–Kier alpha value is -3.09. The zero-order valence-corrected chi connectivity index (χ0v) is 14.8. The van der Waals surface area contributed by atoms with Crippen molar-refractivity contribution < 1.29 is 4.79 Å². The first-order chi connectivity index (χ1) is 12.7. The number of aryl methyl sites for hydroxylation is 2. The van der Waals surface area contributed by atoms with Gasteiger partial charge in [0.25, 0.3) is 5.91 Å². The molecule has 4 heterocycles. The number of pyridine rings is 1. The van der Waals surface area contributed by atoms with Crippen LogP contribution in [-0.2, 0) is 12.8 Å². The molecule has 1 N–H and O–H groups in total. The number of carbonyl (C=O) groups is 1. The fraction of sp³-hybridized carbons (Fsp3) is 0.316. The van der Waals surface area contributed by atoms with Gasteiger partial charge in [0.15, 0.2) is 0 Å². The summed E-state index contributed by atoms with van der Waals surface area (Å²) in [6.45, 7) is 4.43. The lowest BCUT2D eigenvalue weighted by Gasteiger charge is -2.35. The highest BCUT2D eigenvalue weighted by Gasteiger charge is 2.35. The molecule has 1 aliphatic heterocycles. The Morgan fingerprint density at radius 1 is 1.38 bits per heavy atom. The molecule has 1 atom stereocenters. The molecule has 0 radical (unpaired) electrons. The summed E-state index contributed by atoms with van der Waals surface area (Å²) in [6.07, 6.45) is 6.70. The van der Waals surface area contributed by atoms with Crippen LogP contribution >= 0.6 is 0 Å². The molecule has 7 nitrogen and oxygen atoms in total. The zero-order chi connectivity index (χ0) is 18.1. The standard InChI is InChI=1S/C19H20N6O/c1-3-14-9-15(12(2)23-24-14)19(26)25-8-6-16-17(22-11-21-16)18(25)13-5-4-7-20-10-13/h4-5,7,9-11,18H,3,6,8H2,1-2H3,(H,21,22). The summed E-state index contributed by atoms with van der Waals surface area (Å²) in [5.41, 5.74) is 4.96. The van der Waals surface area contributed by atoms with Crippen molar-refractivity contribution in [1.82, 2.24) is 30.0 Å². The van der Waals surface area contributed by atoms with Gasteiger partial charge in [-0.1, -0.05) is 13.0 Å². The van der Waals surface area contributed by atoms with Crippen LogP contribution in [0.5, 0.6) is 0 Å². The number of imidazole rings is 1. The van der Waals surface area contributed by atoms with Gasteiger partial charge in [-0.2, -0.15) is 10.2 Å². The van der Waals surface area contributed by atoms with Gasteiger partial charge in [0.2, 0.25) is 0 Å². The van der Waals surface area contributed by atoms with Crippen molar-refractivity contribution in [1.29, 1.82) is 0 Å².